The van der Waals surface area contributed by atoms with Crippen molar-refractivity contribution in [3.8, 4) is 17.6 Å². The summed E-state index contributed by atoms with van der Waals surface area (Å²) >= 11 is 1.52. The van der Waals surface area contributed by atoms with Crippen LogP contribution in [0.1, 0.15) is 48.4 Å². The summed E-state index contributed by atoms with van der Waals surface area (Å²) in [5, 5.41) is 14.7. The van der Waals surface area contributed by atoms with Crippen LogP contribution in [0.4, 0.5) is 5.69 Å². The van der Waals surface area contributed by atoms with Gasteiger partial charge in [-0.2, -0.15) is 0 Å². The van der Waals surface area contributed by atoms with E-state index in [2.05, 4.69) is 27.5 Å². The van der Waals surface area contributed by atoms with E-state index in [0.29, 0.717) is 17.0 Å². The lowest BCUT2D eigenvalue weighted by Crippen LogP contribution is -2.49. The molecule has 0 spiro atoms. The van der Waals surface area contributed by atoms with E-state index in [-0.39, 0.29) is 18.2 Å². The van der Waals surface area contributed by atoms with Gasteiger partial charge in [-0.15, -0.1) is 11.3 Å². The fourth-order valence-electron chi connectivity index (χ4n) is 3.84. The smallest absolute Gasteiger partial charge is 0.272 e. The Hall–Kier alpha value is -3.35. The number of imidazole rings is 1. The van der Waals surface area contributed by atoms with Gasteiger partial charge in [-0.05, 0) is 57.2 Å². The molecule has 34 heavy (non-hydrogen) atoms. The first kappa shape index (κ1) is 22.4. The maximum Gasteiger partial charge on any atom is 0.272 e. The zero-order valence-electron chi connectivity index (χ0n) is 19.3. The Balaban J connectivity index is 1.32. The topological polar surface area (TPSA) is 96.2 Å². The standard InChI is InChI=1S/C25H26N4O4S/c1-25(2,32)9-8-16-6-7-21-20(11-16)28(3)23(31)19(13-33-21)26-22(30)18-12-29-17(10-15-4-5-15)14-34-24(29)27-18/h6-7,11-12,14-15,19,32H,4-5,10,13H2,1-3H3,(H,26,30). The number of anilines is 1. The summed E-state index contributed by atoms with van der Waals surface area (Å²) < 4.78 is 7.83. The largest absolute Gasteiger partial charge is 0.489 e. The Morgan fingerprint density at radius 2 is 2.18 bits per heavy atom. The molecule has 1 fully saturated rings. The molecule has 0 bridgehead atoms. The van der Waals surface area contributed by atoms with Crippen LogP contribution in [0.2, 0.25) is 0 Å². The normalized spacial score (nSPS) is 18.1. The number of amides is 2. The van der Waals surface area contributed by atoms with Gasteiger partial charge in [0.2, 0.25) is 0 Å². The number of carbonyl (C=O) groups excluding carboxylic acids is 2. The van der Waals surface area contributed by atoms with Crippen LogP contribution in [-0.2, 0) is 11.2 Å². The minimum Gasteiger partial charge on any atom is -0.489 e. The summed E-state index contributed by atoms with van der Waals surface area (Å²) in [4.78, 5) is 32.8. The van der Waals surface area contributed by atoms with Gasteiger partial charge in [-0.25, -0.2) is 4.98 Å². The molecule has 0 saturated heterocycles. The van der Waals surface area contributed by atoms with Gasteiger partial charge in [0.25, 0.3) is 11.8 Å². The third kappa shape index (κ3) is 4.65. The zero-order valence-corrected chi connectivity index (χ0v) is 20.1. The molecule has 2 amide bonds. The van der Waals surface area contributed by atoms with Gasteiger partial charge in [0.05, 0.1) is 5.69 Å². The Labute approximate surface area is 201 Å². The summed E-state index contributed by atoms with van der Waals surface area (Å²) in [6.07, 6.45) is 5.25. The number of ether oxygens (including phenoxy) is 1. The van der Waals surface area contributed by atoms with Gasteiger partial charge >= 0.3 is 0 Å². The molecule has 3 heterocycles. The summed E-state index contributed by atoms with van der Waals surface area (Å²) in [6, 6.07) is 4.39. The highest BCUT2D eigenvalue weighted by Gasteiger charge is 2.32. The number of thiazole rings is 1. The van der Waals surface area contributed by atoms with Gasteiger partial charge < -0.3 is 20.1 Å². The number of hydrogen-bond donors (Lipinski definition) is 2. The molecule has 1 aromatic carbocycles. The SMILES string of the molecule is CN1C(=O)C(NC(=O)c2cn3c(CC4CC4)csc3n2)COc2ccc(C#CC(C)(C)O)cc21. The number of likely N-dealkylation sites (N-methyl/N-ethyl adjacent to an activating group) is 1. The van der Waals surface area contributed by atoms with Crippen LogP contribution in [0, 0.1) is 17.8 Å². The fraction of sp³-hybridized carbons (Fsp3) is 0.400. The minimum absolute atomic E-state index is 0.00571. The molecule has 1 aliphatic carbocycles. The molecular weight excluding hydrogens is 452 g/mol. The van der Waals surface area contributed by atoms with Crippen molar-refractivity contribution in [1.29, 1.82) is 0 Å². The number of nitrogens with zero attached hydrogens (tertiary/aromatic N) is 3. The Morgan fingerprint density at radius 1 is 1.38 bits per heavy atom. The third-order valence-electron chi connectivity index (χ3n) is 5.88. The van der Waals surface area contributed by atoms with Crippen molar-refractivity contribution in [1.82, 2.24) is 14.7 Å². The molecule has 1 saturated carbocycles. The predicted octanol–water partition coefficient (Wildman–Crippen LogP) is 2.62. The van der Waals surface area contributed by atoms with E-state index in [1.807, 2.05) is 4.40 Å². The second-order valence-corrected chi connectivity index (χ2v) is 10.2. The third-order valence-corrected chi connectivity index (χ3v) is 6.77. The van der Waals surface area contributed by atoms with Gasteiger partial charge in [0.15, 0.2) is 4.96 Å². The van der Waals surface area contributed by atoms with Crippen molar-refractivity contribution in [3.05, 3.63) is 46.7 Å². The summed E-state index contributed by atoms with van der Waals surface area (Å²) in [6.45, 7) is 3.21. The lowest BCUT2D eigenvalue weighted by molar-refractivity contribution is -0.120. The highest BCUT2D eigenvalue weighted by Crippen LogP contribution is 2.34. The molecule has 5 rings (SSSR count). The monoisotopic (exact) mass is 478 g/mol. The van der Waals surface area contributed by atoms with E-state index >= 15 is 0 Å². The number of carbonyl (C=O) groups is 2. The summed E-state index contributed by atoms with van der Waals surface area (Å²) in [5.41, 5.74) is 1.52. The molecule has 2 aromatic heterocycles. The lowest BCUT2D eigenvalue weighted by Gasteiger charge is -2.20. The first-order valence-corrected chi connectivity index (χ1v) is 12.1. The predicted molar refractivity (Wildman–Crippen MR) is 129 cm³/mol. The first-order valence-electron chi connectivity index (χ1n) is 11.2. The van der Waals surface area contributed by atoms with Crippen molar-refractivity contribution in [2.24, 2.45) is 5.92 Å². The average Bonchev–Trinajstić information content (AvgIpc) is 3.41. The van der Waals surface area contributed by atoms with E-state index < -0.39 is 17.6 Å². The van der Waals surface area contributed by atoms with Gasteiger partial charge in [0, 0.05) is 29.9 Å². The van der Waals surface area contributed by atoms with Crippen molar-refractivity contribution in [2.75, 3.05) is 18.6 Å². The Bertz CT molecular complexity index is 1340. The number of rotatable bonds is 4. The van der Waals surface area contributed by atoms with Crippen molar-refractivity contribution in [2.45, 2.75) is 44.8 Å². The molecule has 1 aliphatic heterocycles. The van der Waals surface area contributed by atoms with E-state index in [9.17, 15) is 14.7 Å². The number of fused-ring (bicyclic) bond motifs is 2. The average molecular weight is 479 g/mol. The molecule has 176 valence electrons. The second kappa shape index (κ2) is 8.46. The molecule has 1 unspecified atom stereocenters. The van der Waals surface area contributed by atoms with Crippen LogP contribution in [0.15, 0.2) is 29.8 Å². The quantitative estimate of drug-likeness (QED) is 0.562. The van der Waals surface area contributed by atoms with Crippen LogP contribution in [0.3, 0.4) is 0 Å². The van der Waals surface area contributed by atoms with Crippen LogP contribution in [0.25, 0.3) is 4.96 Å². The van der Waals surface area contributed by atoms with Crippen molar-refractivity contribution >= 4 is 33.8 Å². The first-order chi connectivity index (χ1) is 16.2. The molecule has 1 atom stereocenters. The highest BCUT2D eigenvalue weighted by atomic mass is 32.1. The second-order valence-electron chi connectivity index (χ2n) is 9.38. The zero-order chi connectivity index (χ0) is 24.0. The van der Waals surface area contributed by atoms with E-state index in [0.717, 1.165) is 17.3 Å². The van der Waals surface area contributed by atoms with E-state index in [4.69, 9.17) is 4.74 Å². The Kier molecular flexibility index (Phi) is 5.58. The number of aromatic nitrogens is 2. The summed E-state index contributed by atoms with van der Waals surface area (Å²) in [7, 11) is 1.64. The highest BCUT2D eigenvalue weighted by molar-refractivity contribution is 7.15. The number of aliphatic hydroxyl groups is 1. The Morgan fingerprint density at radius 3 is 2.91 bits per heavy atom. The maximum absolute atomic E-state index is 13.1. The number of nitrogens with one attached hydrogen (secondary N) is 1. The fourth-order valence-corrected chi connectivity index (χ4v) is 4.73. The van der Waals surface area contributed by atoms with Crippen LogP contribution in [0.5, 0.6) is 5.75 Å². The molecule has 2 aliphatic rings. The molecular formula is C25H26N4O4S. The van der Waals surface area contributed by atoms with E-state index in [1.54, 1.807) is 45.3 Å². The van der Waals surface area contributed by atoms with Crippen molar-refractivity contribution in [3.63, 3.8) is 0 Å². The van der Waals surface area contributed by atoms with Gasteiger partial charge in [-0.1, -0.05) is 11.8 Å². The molecule has 8 nitrogen and oxygen atoms in total. The molecule has 2 N–H and O–H groups in total. The van der Waals surface area contributed by atoms with Crippen LogP contribution < -0.4 is 15.0 Å². The number of hydrogen-bond acceptors (Lipinski definition) is 6. The number of benzene rings is 1. The van der Waals surface area contributed by atoms with Gasteiger partial charge in [-0.3, -0.25) is 14.0 Å². The molecule has 0 radical (unpaired) electrons. The molecule has 3 aromatic rings. The van der Waals surface area contributed by atoms with Gasteiger partial charge in [0.1, 0.15) is 29.7 Å². The molecule has 9 heteroatoms. The maximum atomic E-state index is 13.1. The van der Waals surface area contributed by atoms with Crippen LogP contribution in [-0.4, -0.2) is 51.6 Å². The van der Waals surface area contributed by atoms with E-state index in [1.165, 1.54) is 34.8 Å². The van der Waals surface area contributed by atoms with Crippen LogP contribution >= 0.6 is 11.3 Å². The lowest BCUT2D eigenvalue weighted by atomic mass is 10.1. The summed E-state index contributed by atoms with van der Waals surface area (Å²) in [5.74, 6) is 6.22. The minimum atomic E-state index is -1.12. The van der Waals surface area contributed by atoms with Crippen molar-refractivity contribution < 1.29 is 19.4 Å².